The lowest BCUT2D eigenvalue weighted by atomic mass is 9.81. The summed E-state index contributed by atoms with van der Waals surface area (Å²) in [5, 5.41) is 44.2. The largest absolute Gasteiger partial charge is 0.456 e. The van der Waals surface area contributed by atoms with E-state index in [9.17, 15) is 39.6 Å². The molecule has 56 heavy (non-hydrogen) atoms. The van der Waals surface area contributed by atoms with E-state index in [0.717, 1.165) is 12.0 Å². The summed E-state index contributed by atoms with van der Waals surface area (Å²) in [4.78, 5) is 57.7. The van der Waals surface area contributed by atoms with E-state index in [-0.39, 0.29) is 43.4 Å². The molecule has 4 aliphatic rings. The van der Waals surface area contributed by atoms with E-state index in [1.54, 1.807) is 20.8 Å². The molecule has 0 spiro atoms. The summed E-state index contributed by atoms with van der Waals surface area (Å²) in [7, 11) is 3.06. The first kappa shape index (κ1) is 46.2. The van der Waals surface area contributed by atoms with Gasteiger partial charge in [-0.15, -0.1) is 0 Å². The van der Waals surface area contributed by atoms with Gasteiger partial charge in [0.05, 0.1) is 30.5 Å². The summed E-state index contributed by atoms with van der Waals surface area (Å²) in [5.74, 6) is -7.73. The fourth-order valence-electron chi connectivity index (χ4n) is 9.37. The van der Waals surface area contributed by atoms with Gasteiger partial charge in [-0.1, -0.05) is 51.8 Å². The van der Waals surface area contributed by atoms with Crippen LogP contribution in [0.1, 0.15) is 119 Å². The predicted octanol–water partition coefficient (Wildman–Crippen LogP) is 4.21. The van der Waals surface area contributed by atoms with Gasteiger partial charge < -0.3 is 44.3 Å². The van der Waals surface area contributed by atoms with Crippen molar-refractivity contribution in [2.75, 3.05) is 20.8 Å². The molecule has 0 radical (unpaired) electrons. The lowest BCUT2D eigenvalue weighted by Crippen LogP contribution is -2.64. The molecule has 3 fully saturated rings. The van der Waals surface area contributed by atoms with E-state index in [1.165, 1.54) is 19.1 Å². The maximum Gasteiger partial charge on any atom is 0.329 e. The van der Waals surface area contributed by atoms with Crippen LogP contribution < -0.4 is 0 Å². The van der Waals surface area contributed by atoms with Gasteiger partial charge in [0, 0.05) is 44.9 Å². The van der Waals surface area contributed by atoms with Crippen molar-refractivity contribution in [1.82, 2.24) is 4.90 Å². The van der Waals surface area contributed by atoms with Gasteiger partial charge in [0.2, 0.25) is 5.79 Å². The number of aliphatic hydroxyl groups excluding tert-OH is 3. The number of hydrogen-bond acceptors (Lipinski definition) is 12. The number of nitrogens with zero attached hydrogens (tertiary/aromatic N) is 1. The van der Waals surface area contributed by atoms with Crippen LogP contribution in [0.3, 0.4) is 0 Å². The highest BCUT2D eigenvalue weighted by Crippen LogP contribution is 2.39. The maximum absolute atomic E-state index is 14.2. The molecule has 4 N–H and O–H groups in total. The molecule has 3 aliphatic heterocycles. The maximum atomic E-state index is 14.2. The van der Waals surface area contributed by atoms with Crippen LogP contribution in [0.15, 0.2) is 23.3 Å². The topological polar surface area (TPSA) is 189 Å². The Morgan fingerprint density at radius 2 is 1.61 bits per heavy atom. The molecule has 1 aliphatic carbocycles. The van der Waals surface area contributed by atoms with Crippen molar-refractivity contribution in [1.29, 1.82) is 0 Å². The molecular formula is C43H69NO12. The number of esters is 1. The molecule has 13 heteroatoms. The Morgan fingerprint density at radius 3 is 2.25 bits per heavy atom. The first-order chi connectivity index (χ1) is 26.4. The van der Waals surface area contributed by atoms with Crippen molar-refractivity contribution in [3.63, 3.8) is 0 Å². The third-order valence-electron chi connectivity index (χ3n) is 12.8. The number of aliphatic hydroxyl groups is 4. The third-order valence-corrected chi connectivity index (χ3v) is 12.8. The zero-order valence-corrected chi connectivity index (χ0v) is 34.9. The fourth-order valence-corrected chi connectivity index (χ4v) is 9.37. The standard InChI is InChI=1S/C43H69NO12/c1-9-12-30-18-24(2)17-25(3)19-36(53-7)39-37(54-8)21-27(5)43(52,56-39)40(49)41(50)44-16-11-10-13-31(44)42(51)55-38(28(6)33(46)23-34(30)47)26(4)20-29-14-15-32(45)35(48)22-29/h18,20,25,27-33,35-39,45-46,48,52H,9-17,19,21-23H2,1-8H3/b24-18+,26-20+/t25-,27+,28+,29-,30+,31-,32+,33-,35+,36-,37-,38+,39+,43+/m0/s1. The van der Waals surface area contributed by atoms with Crippen LogP contribution in [0.5, 0.6) is 0 Å². The van der Waals surface area contributed by atoms with Crippen LogP contribution in [0.2, 0.25) is 0 Å². The zero-order chi connectivity index (χ0) is 41.5. The second kappa shape index (κ2) is 20.4. The molecule has 0 unspecified atom stereocenters. The van der Waals surface area contributed by atoms with Gasteiger partial charge in [0.15, 0.2) is 0 Å². The van der Waals surface area contributed by atoms with E-state index in [2.05, 4.69) is 6.92 Å². The molecule has 318 valence electrons. The van der Waals surface area contributed by atoms with Gasteiger partial charge in [-0.3, -0.25) is 14.4 Å². The van der Waals surface area contributed by atoms with Crippen molar-refractivity contribution in [3.8, 4) is 0 Å². The van der Waals surface area contributed by atoms with Crippen LogP contribution in [-0.4, -0.2) is 124 Å². The molecule has 0 aromatic rings. The third kappa shape index (κ3) is 10.9. The van der Waals surface area contributed by atoms with E-state index in [4.69, 9.17) is 18.9 Å². The first-order valence-electron chi connectivity index (χ1n) is 20.9. The lowest BCUT2D eigenvalue weighted by molar-refractivity contribution is -0.302. The number of fused-ring (bicyclic) bond motifs is 3. The molecule has 4 rings (SSSR count). The van der Waals surface area contributed by atoms with Crippen molar-refractivity contribution in [2.45, 2.75) is 173 Å². The van der Waals surface area contributed by atoms with Crippen LogP contribution in [-0.2, 0) is 38.1 Å². The van der Waals surface area contributed by atoms with Crippen molar-refractivity contribution in [3.05, 3.63) is 23.3 Å². The highest BCUT2D eigenvalue weighted by molar-refractivity contribution is 6.39. The molecule has 3 heterocycles. The minimum absolute atomic E-state index is 0.0283. The molecule has 0 aromatic carbocycles. The quantitative estimate of drug-likeness (QED) is 0.171. The van der Waals surface area contributed by atoms with Crippen molar-refractivity contribution < 1.29 is 58.6 Å². The second-order valence-electron chi connectivity index (χ2n) is 17.3. The Morgan fingerprint density at radius 1 is 0.929 bits per heavy atom. The summed E-state index contributed by atoms with van der Waals surface area (Å²) in [6.45, 7) is 11.2. The second-order valence-corrected chi connectivity index (χ2v) is 17.3. The number of rotatable bonds is 6. The Kier molecular flexibility index (Phi) is 16.9. The predicted molar refractivity (Wildman–Crippen MR) is 208 cm³/mol. The van der Waals surface area contributed by atoms with Gasteiger partial charge in [0.25, 0.3) is 11.7 Å². The van der Waals surface area contributed by atoms with Crippen LogP contribution >= 0.6 is 0 Å². The minimum Gasteiger partial charge on any atom is -0.456 e. The van der Waals surface area contributed by atoms with Gasteiger partial charge in [-0.2, -0.15) is 0 Å². The number of carbonyl (C=O) groups is 4. The number of piperidine rings is 1. The van der Waals surface area contributed by atoms with E-state index >= 15 is 0 Å². The lowest BCUT2D eigenvalue weighted by Gasteiger charge is -2.47. The molecule has 0 aromatic heterocycles. The number of Topliss-reactive ketones (excluding diaryl/α,β-unsaturated/α-hetero) is 2. The average molecular weight is 792 g/mol. The number of cyclic esters (lactones) is 1. The number of amides is 1. The van der Waals surface area contributed by atoms with Gasteiger partial charge in [-0.05, 0) is 95.5 Å². The summed E-state index contributed by atoms with van der Waals surface area (Å²) >= 11 is 0. The van der Waals surface area contributed by atoms with Gasteiger partial charge in [0.1, 0.15) is 24.0 Å². The number of ketones is 2. The van der Waals surface area contributed by atoms with Gasteiger partial charge >= 0.3 is 5.97 Å². The molecule has 1 saturated carbocycles. The van der Waals surface area contributed by atoms with E-state index < -0.39 is 90.0 Å². The minimum atomic E-state index is -2.51. The molecule has 2 bridgehead atoms. The summed E-state index contributed by atoms with van der Waals surface area (Å²) < 4.78 is 24.2. The first-order valence-corrected chi connectivity index (χ1v) is 20.9. The summed E-state index contributed by atoms with van der Waals surface area (Å²) in [5.41, 5.74) is 1.60. The molecule has 2 saturated heterocycles. The number of carbonyl (C=O) groups excluding carboxylic acids is 4. The number of ether oxygens (including phenoxy) is 4. The normalized spacial score (nSPS) is 41.6. The monoisotopic (exact) mass is 791 g/mol. The Bertz CT molecular complexity index is 1430. The Balaban J connectivity index is 1.77. The summed E-state index contributed by atoms with van der Waals surface area (Å²) in [6, 6.07) is -1.15. The molecule has 14 atom stereocenters. The van der Waals surface area contributed by atoms with Crippen LogP contribution in [0, 0.1) is 29.6 Å². The van der Waals surface area contributed by atoms with E-state index in [0.29, 0.717) is 56.9 Å². The summed E-state index contributed by atoms with van der Waals surface area (Å²) in [6.07, 6.45) is 3.04. The van der Waals surface area contributed by atoms with Gasteiger partial charge in [-0.25, -0.2) is 4.79 Å². The Labute approximate surface area is 333 Å². The Hall–Kier alpha value is -2.52. The molecule has 1 amide bonds. The number of methoxy groups -OCH3 is 2. The van der Waals surface area contributed by atoms with Crippen LogP contribution in [0.25, 0.3) is 0 Å². The molecule has 13 nitrogen and oxygen atoms in total. The average Bonchev–Trinajstić information content (AvgIpc) is 3.16. The van der Waals surface area contributed by atoms with Crippen LogP contribution in [0.4, 0.5) is 0 Å². The number of hydrogen-bond donors (Lipinski definition) is 4. The smallest absolute Gasteiger partial charge is 0.329 e. The highest BCUT2D eigenvalue weighted by Gasteiger charge is 2.56. The number of allylic oxidation sites excluding steroid dienone is 3. The zero-order valence-electron chi connectivity index (χ0n) is 34.9. The van der Waals surface area contributed by atoms with Crippen molar-refractivity contribution >= 4 is 23.4 Å². The fraction of sp³-hybridized carbons (Fsp3) is 0.814. The molecular weight excluding hydrogens is 722 g/mol. The highest BCUT2D eigenvalue weighted by atomic mass is 16.7. The van der Waals surface area contributed by atoms with Crippen molar-refractivity contribution in [2.24, 2.45) is 29.6 Å². The SMILES string of the molecule is CCC[C@@H]1/C=C(\C)C[C@H](C)C[C@H](OC)[C@H]2O[C@@](O)(C(=O)C(=O)N3CCCC[C@H]3C(=O)O[C@H](/C(C)=C/[C@@H]3CC[C@@H](O)[C@H](O)C3)[C@H](C)[C@@H](O)CC1=O)[C@H](C)C[C@@H]2OC. The van der Waals surface area contributed by atoms with E-state index in [1.807, 2.05) is 26.0 Å².